The molecule has 0 aromatic heterocycles. The molecule has 0 amide bonds. The summed E-state index contributed by atoms with van der Waals surface area (Å²) in [5.41, 5.74) is 0.616. The molecule has 5 heteroatoms. The number of carbonyl (C=O) groups is 1. The lowest BCUT2D eigenvalue weighted by atomic mass is 9.48. The highest BCUT2D eigenvalue weighted by Gasteiger charge is 2.55. The molecule has 1 aromatic rings. The largest absolute Gasteiger partial charge is 0.458 e. The molecule has 0 spiro atoms. The molecule has 2 bridgehead atoms. The molecule has 21 heavy (non-hydrogen) atoms. The highest BCUT2D eigenvalue weighted by Crippen LogP contribution is 2.59. The lowest BCUT2D eigenvalue weighted by Crippen LogP contribution is -2.55. The van der Waals surface area contributed by atoms with Gasteiger partial charge in [-0.3, -0.25) is 10.1 Å². The van der Waals surface area contributed by atoms with Crippen molar-refractivity contribution in [2.24, 2.45) is 17.3 Å². The van der Waals surface area contributed by atoms with Crippen molar-refractivity contribution >= 4 is 11.7 Å². The number of non-ortho nitro benzene ring substituents is 1. The number of rotatable bonds is 3. The van der Waals surface area contributed by atoms with Gasteiger partial charge >= 0.3 is 5.97 Å². The van der Waals surface area contributed by atoms with Gasteiger partial charge in [0.1, 0.15) is 6.10 Å². The first-order valence-electron chi connectivity index (χ1n) is 7.35. The van der Waals surface area contributed by atoms with Crippen LogP contribution in [0.3, 0.4) is 0 Å². The van der Waals surface area contributed by atoms with E-state index in [1.54, 1.807) is 0 Å². The molecular formula is C16H19NO4. The second-order valence-electron chi connectivity index (χ2n) is 6.69. The van der Waals surface area contributed by atoms with Crippen LogP contribution in [0.5, 0.6) is 0 Å². The van der Waals surface area contributed by atoms with Crippen LogP contribution in [-0.4, -0.2) is 17.0 Å². The zero-order valence-corrected chi connectivity index (χ0v) is 12.2. The average Bonchev–Trinajstić information content (AvgIpc) is 2.47. The van der Waals surface area contributed by atoms with Gasteiger partial charge in [0.2, 0.25) is 0 Å². The van der Waals surface area contributed by atoms with E-state index >= 15 is 0 Å². The zero-order chi connectivity index (χ0) is 15.2. The van der Waals surface area contributed by atoms with E-state index in [9.17, 15) is 14.9 Å². The zero-order valence-electron chi connectivity index (χ0n) is 12.2. The molecule has 3 fully saturated rings. The molecule has 3 aliphatic rings. The summed E-state index contributed by atoms with van der Waals surface area (Å²) in [6.07, 6.45) is 3.16. The SMILES string of the molecule is CC1(C)C2CCC(OC(=O)c3ccc([N+](=O)[O-])cc3)C1C2. The van der Waals surface area contributed by atoms with E-state index < -0.39 is 4.92 Å². The van der Waals surface area contributed by atoms with Crippen molar-refractivity contribution in [3.63, 3.8) is 0 Å². The maximum atomic E-state index is 12.2. The second-order valence-corrected chi connectivity index (χ2v) is 6.69. The van der Waals surface area contributed by atoms with Crippen molar-refractivity contribution in [3.8, 4) is 0 Å². The van der Waals surface area contributed by atoms with Gasteiger partial charge in [-0.15, -0.1) is 0 Å². The van der Waals surface area contributed by atoms with Crippen molar-refractivity contribution in [2.75, 3.05) is 0 Å². The Morgan fingerprint density at radius 1 is 1.29 bits per heavy atom. The van der Waals surface area contributed by atoms with Crippen LogP contribution in [0, 0.1) is 27.4 Å². The van der Waals surface area contributed by atoms with Gasteiger partial charge in [0.15, 0.2) is 0 Å². The van der Waals surface area contributed by atoms with Crippen LogP contribution in [-0.2, 0) is 4.74 Å². The molecule has 0 N–H and O–H groups in total. The number of hydrogen-bond donors (Lipinski definition) is 0. The summed E-state index contributed by atoms with van der Waals surface area (Å²) in [7, 11) is 0. The minimum atomic E-state index is -0.479. The quantitative estimate of drug-likeness (QED) is 0.484. The molecule has 3 atom stereocenters. The Kier molecular flexibility index (Phi) is 3.23. The summed E-state index contributed by atoms with van der Waals surface area (Å²) in [5.74, 6) is 0.825. The Morgan fingerprint density at radius 3 is 2.48 bits per heavy atom. The van der Waals surface area contributed by atoms with Gasteiger partial charge in [0.25, 0.3) is 5.69 Å². The van der Waals surface area contributed by atoms with Crippen LogP contribution >= 0.6 is 0 Å². The minimum absolute atomic E-state index is 0.0207. The van der Waals surface area contributed by atoms with E-state index in [4.69, 9.17) is 4.74 Å². The third-order valence-corrected chi connectivity index (χ3v) is 5.37. The Bertz CT molecular complexity index is 576. The van der Waals surface area contributed by atoms with Crippen LogP contribution in [0.15, 0.2) is 24.3 Å². The normalized spacial score (nSPS) is 29.3. The fourth-order valence-corrected chi connectivity index (χ4v) is 3.81. The van der Waals surface area contributed by atoms with Crippen molar-refractivity contribution in [1.82, 2.24) is 0 Å². The molecule has 3 saturated carbocycles. The third-order valence-electron chi connectivity index (χ3n) is 5.37. The number of carbonyl (C=O) groups excluding carboxylic acids is 1. The number of hydrogen-bond acceptors (Lipinski definition) is 4. The van der Waals surface area contributed by atoms with E-state index in [2.05, 4.69) is 13.8 Å². The number of esters is 1. The average molecular weight is 289 g/mol. The van der Waals surface area contributed by atoms with Crippen molar-refractivity contribution < 1.29 is 14.5 Å². The highest BCUT2D eigenvalue weighted by atomic mass is 16.6. The van der Waals surface area contributed by atoms with E-state index in [-0.39, 0.29) is 23.2 Å². The van der Waals surface area contributed by atoms with Gasteiger partial charge in [-0.05, 0) is 42.7 Å². The van der Waals surface area contributed by atoms with Gasteiger partial charge in [0, 0.05) is 18.1 Å². The summed E-state index contributed by atoms with van der Waals surface area (Å²) >= 11 is 0. The fraction of sp³-hybridized carbons (Fsp3) is 0.562. The molecule has 112 valence electrons. The molecular weight excluding hydrogens is 270 g/mol. The number of nitrogens with zero attached hydrogens (tertiary/aromatic N) is 1. The summed E-state index contributed by atoms with van der Waals surface area (Å²) < 4.78 is 5.65. The molecule has 3 aliphatic carbocycles. The Morgan fingerprint density at radius 2 is 1.95 bits per heavy atom. The van der Waals surface area contributed by atoms with E-state index in [0.29, 0.717) is 11.5 Å². The van der Waals surface area contributed by atoms with Crippen LogP contribution in [0.25, 0.3) is 0 Å². The van der Waals surface area contributed by atoms with Gasteiger partial charge in [-0.2, -0.15) is 0 Å². The number of ether oxygens (including phenoxy) is 1. The van der Waals surface area contributed by atoms with E-state index in [1.807, 2.05) is 0 Å². The number of benzene rings is 1. The van der Waals surface area contributed by atoms with Crippen LogP contribution in [0.1, 0.15) is 43.5 Å². The van der Waals surface area contributed by atoms with Crippen molar-refractivity contribution in [1.29, 1.82) is 0 Å². The third kappa shape index (κ3) is 2.30. The summed E-state index contributed by atoms with van der Waals surface area (Å²) in [5, 5.41) is 10.6. The first-order valence-corrected chi connectivity index (χ1v) is 7.35. The summed E-state index contributed by atoms with van der Waals surface area (Å²) in [4.78, 5) is 22.3. The Labute approximate surface area is 123 Å². The molecule has 0 aliphatic heterocycles. The van der Waals surface area contributed by atoms with Gasteiger partial charge in [-0.25, -0.2) is 4.79 Å². The van der Waals surface area contributed by atoms with Gasteiger partial charge < -0.3 is 4.74 Å². The van der Waals surface area contributed by atoms with E-state index in [1.165, 1.54) is 24.3 Å². The predicted molar refractivity (Wildman–Crippen MR) is 76.9 cm³/mol. The minimum Gasteiger partial charge on any atom is -0.458 e. The summed E-state index contributed by atoms with van der Waals surface area (Å²) in [6.45, 7) is 4.50. The maximum absolute atomic E-state index is 12.2. The highest BCUT2D eigenvalue weighted by molar-refractivity contribution is 5.89. The number of fused-ring (bicyclic) bond motifs is 2. The molecule has 5 nitrogen and oxygen atoms in total. The van der Waals surface area contributed by atoms with Crippen molar-refractivity contribution in [2.45, 2.75) is 39.2 Å². The van der Waals surface area contributed by atoms with Crippen LogP contribution < -0.4 is 0 Å². The first kappa shape index (κ1) is 14.0. The lowest BCUT2D eigenvalue weighted by Gasteiger charge is -2.59. The molecule has 0 heterocycles. The van der Waals surface area contributed by atoms with E-state index in [0.717, 1.165) is 25.2 Å². The number of nitro groups is 1. The molecule has 1 aromatic carbocycles. The second kappa shape index (κ2) is 4.83. The van der Waals surface area contributed by atoms with Crippen LogP contribution in [0.2, 0.25) is 0 Å². The maximum Gasteiger partial charge on any atom is 0.338 e. The molecule has 3 unspecified atom stereocenters. The van der Waals surface area contributed by atoms with Crippen LogP contribution in [0.4, 0.5) is 5.69 Å². The fourth-order valence-electron chi connectivity index (χ4n) is 3.81. The Hall–Kier alpha value is -1.91. The standard InChI is InChI=1S/C16H19NO4/c1-16(2)11-5-8-14(13(16)9-11)21-15(18)10-3-6-12(7-4-10)17(19)20/h3-4,6-7,11,13-14H,5,8-9H2,1-2H3. The van der Waals surface area contributed by atoms with Gasteiger partial charge in [-0.1, -0.05) is 13.8 Å². The summed E-state index contributed by atoms with van der Waals surface area (Å²) in [6, 6.07) is 5.58. The molecule has 4 rings (SSSR count). The predicted octanol–water partition coefficient (Wildman–Crippen LogP) is 3.58. The Balaban J connectivity index is 1.67. The van der Waals surface area contributed by atoms with Gasteiger partial charge in [0.05, 0.1) is 10.5 Å². The smallest absolute Gasteiger partial charge is 0.338 e. The molecule has 0 radical (unpaired) electrons. The van der Waals surface area contributed by atoms with Crippen molar-refractivity contribution in [3.05, 3.63) is 39.9 Å². The lowest BCUT2D eigenvalue weighted by molar-refractivity contribution is -0.384. The number of nitro benzene ring substituents is 1. The monoisotopic (exact) mass is 289 g/mol. The topological polar surface area (TPSA) is 69.4 Å². The molecule has 0 saturated heterocycles. The first-order chi connectivity index (χ1) is 9.89.